The third-order valence-electron chi connectivity index (χ3n) is 1.27. The van der Waals surface area contributed by atoms with Gasteiger partial charge in [-0.3, -0.25) is 10.1 Å². The van der Waals surface area contributed by atoms with Crippen molar-refractivity contribution in [2.24, 2.45) is 0 Å². The van der Waals surface area contributed by atoms with E-state index in [0.717, 1.165) is 11.8 Å². The van der Waals surface area contributed by atoms with Crippen LogP contribution in [-0.2, 0) is 0 Å². The molecule has 1 aromatic carbocycles. The lowest BCUT2D eigenvalue weighted by Gasteiger charge is -1.96. The van der Waals surface area contributed by atoms with E-state index in [4.69, 9.17) is 16.9 Å². The quantitative estimate of drug-likeness (QED) is 0.329. The standard InChI is InChI=1S/C7H3ClN2O2S/c8-5-1-2-7(13-4-9)6(3-5)10(11)12/h1-3H. The molecular formula is C7H3ClN2O2S. The summed E-state index contributed by atoms with van der Waals surface area (Å²) < 4.78 is 0. The number of hydrogen-bond acceptors (Lipinski definition) is 4. The molecule has 0 aliphatic carbocycles. The van der Waals surface area contributed by atoms with Crippen LogP contribution in [0.1, 0.15) is 0 Å². The third-order valence-corrected chi connectivity index (χ3v) is 2.16. The molecule has 1 aromatic rings. The smallest absolute Gasteiger partial charge is 0.258 e. The van der Waals surface area contributed by atoms with Crippen LogP contribution >= 0.6 is 23.4 Å². The first-order valence-electron chi connectivity index (χ1n) is 3.15. The first-order chi connectivity index (χ1) is 6.15. The Hall–Kier alpha value is -1.25. The van der Waals surface area contributed by atoms with Gasteiger partial charge in [0.2, 0.25) is 0 Å². The van der Waals surface area contributed by atoms with Crippen LogP contribution in [-0.4, -0.2) is 4.92 Å². The molecule has 0 amide bonds. The summed E-state index contributed by atoms with van der Waals surface area (Å²) in [5, 5.41) is 20.9. The normalized spacial score (nSPS) is 9.23. The molecule has 0 heterocycles. The third kappa shape index (κ3) is 2.34. The molecule has 4 nitrogen and oxygen atoms in total. The van der Waals surface area contributed by atoms with Crippen molar-refractivity contribution in [2.45, 2.75) is 4.90 Å². The molecule has 13 heavy (non-hydrogen) atoms. The van der Waals surface area contributed by atoms with E-state index in [1.165, 1.54) is 18.2 Å². The number of rotatable bonds is 2. The molecule has 66 valence electrons. The second kappa shape index (κ2) is 4.12. The molecule has 0 fully saturated rings. The van der Waals surface area contributed by atoms with E-state index >= 15 is 0 Å². The Balaban J connectivity index is 3.20. The number of thiocyanates is 1. The summed E-state index contributed by atoms with van der Waals surface area (Å²) in [5.74, 6) is 0. The van der Waals surface area contributed by atoms with Gasteiger partial charge in [-0.15, -0.1) is 0 Å². The maximum Gasteiger partial charge on any atom is 0.285 e. The minimum atomic E-state index is -0.564. The van der Waals surface area contributed by atoms with Gasteiger partial charge in [-0.2, -0.15) is 5.26 Å². The van der Waals surface area contributed by atoms with Crippen molar-refractivity contribution >= 4 is 29.1 Å². The number of hydrogen-bond donors (Lipinski definition) is 0. The number of thioether (sulfide) groups is 1. The second-order valence-electron chi connectivity index (χ2n) is 2.06. The van der Waals surface area contributed by atoms with Crippen molar-refractivity contribution in [1.29, 1.82) is 5.26 Å². The van der Waals surface area contributed by atoms with Crippen LogP contribution in [0.3, 0.4) is 0 Å². The summed E-state index contributed by atoms with van der Waals surface area (Å²) in [6, 6.07) is 4.18. The highest BCUT2D eigenvalue weighted by molar-refractivity contribution is 8.03. The van der Waals surface area contributed by atoms with Gasteiger partial charge in [-0.25, -0.2) is 0 Å². The van der Waals surface area contributed by atoms with Gasteiger partial charge in [0.25, 0.3) is 5.69 Å². The minimum absolute atomic E-state index is 0.140. The van der Waals surface area contributed by atoms with E-state index in [-0.39, 0.29) is 10.7 Å². The molecule has 0 saturated carbocycles. The lowest BCUT2D eigenvalue weighted by atomic mass is 10.3. The van der Waals surface area contributed by atoms with Crippen molar-refractivity contribution < 1.29 is 4.92 Å². The van der Waals surface area contributed by atoms with E-state index in [9.17, 15) is 10.1 Å². The summed E-state index contributed by atoms with van der Waals surface area (Å²) in [6.07, 6.45) is 0. The molecule has 0 radical (unpaired) electrons. The zero-order chi connectivity index (χ0) is 9.84. The molecule has 1 rings (SSSR count). The Morgan fingerprint density at radius 1 is 1.62 bits per heavy atom. The Kier molecular flexibility index (Phi) is 3.12. The molecule has 0 bridgehead atoms. The molecule has 0 aliphatic heterocycles. The lowest BCUT2D eigenvalue weighted by Crippen LogP contribution is -1.89. The molecule has 0 aromatic heterocycles. The Labute approximate surface area is 83.3 Å². The van der Waals surface area contributed by atoms with Crippen LogP contribution < -0.4 is 0 Å². The molecule has 0 N–H and O–H groups in total. The molecule has 6 heteroatoms. The van der Waals surface area contributed by atoms with Crippen molar-refractivity contribution in [3.8, 4) is 5.40 Å². The zero-order valence-electron chi connectivity index (χ0n) is 6.23. The predicted octanol–water partition coefficient (Wildman–Crippen LogP) is 2.82. The van der Waals surface area contributed by atoms with Crippen molar-refractivity contribution in [1.82, 2.24) is 0 Å². The van der Waals surface area contributed by atoms with E-state index < -0.39 is 4.92 Å². The summed E-state index contributed by atoms with van der Waals surface area (Å²) in [4.78, 5) is 10.2. The monoisotopic (exact) mass is 214 g/mol. The Morgan fingerprint density at radius 2 is 2.31 bits per heavy atom. The maximum absolute atomic E-state index is 10.5. The first-order valence-corrected chi connectivity index (χ1v) is 4.34. The van der Waals surface area contributed by atoms with Gasteiger partial charge in [0.1, 0.15) is 10.3 Å². The second-order valence-corrected chi connectivity index (χ2v) is 3.33. The average Bonchev–Trinajstić information content (AvgIpc) is 2.08. The summed E-state index contributed by atoms with van der Waals surface area (Å²) >= 11 is 6.31. The van der Waals surface area contributed by atoms with Crippen LogP contribution in [0.25, 0.3) is 0 Å². The fourth-order valence-corrected chi connectivity index (χ4v) is 1.41. The number of nitro groups is 1. The van der Waals surface area contributed by atoms with Crippen LogP contribution in [0, 0.1) is 20.8 Å². The van der Waals surface area contributed by atoms with Gasteiger partial charge in [0.05, 0.1) is 4.92 Å². The molecule has 0 aliphatic rings. The van der Waals surface area contributed by atoms with Gasteiger partial charge in [0, 0.05) is 11.1 Å². The highest BCUT2D eigenvalue weighted by atomic mass is 35.5. The van der Waals surface area contributed by atoms with E-state index in [1.807, 2.05) is 0 Å². The average molecular weight is 215 g/mol. The largest absolute Gasteiger partial charge is 0.285 e. The van der Waals surface area contributed by atoms with Gasteiger partial charge >= 0.3 is 0 Å². The van der Waals surface area contributed by atoms with Gasteiger partial charge in [-0.1, -0.05) is 11.6 Å². The van der Waals surface area contributed by atoms with Crippen LogP contribution in [0.2, 0.25) is 5.02 Å². The summed E-state index contributed by atoms with van der Waals surface area (Å²) in [7, 11) is 0. The highest BCUT2D eigenvalue weighted by Gasteiger charge is 2.14. The van der Waals surface area contributed by atoms with Gasteiger partial charge in [0.15, 0.2) is 0 Å². The summed E-state index contributed by atoms with van der Waals surface area (Å²) in [5.41, 5.74) is -0.140. The Bertz CT molecular complexity index is 389. The predicted molar refractivity (Wildman–Crippen MR) is 49.6 cm³/mol. The molecule has 0 unspecified atom stereocenters. The SMILES string of the molecule is N#CSc1ccc(Cl)cc1[N+](=O)[O-]. The van der Waals surface area contributed by atoms with Crippen molar-refractivity contribution in [2.75, 3.05) is 0 Å². The molecular weight excluding hydrogens is 212 g/mol. The maximum atomic E-state index is 10.5. The van der Waals surface area contributed by atoms with E-state index in [1.54, 1.807) is 5.40 Å². The molecule has 0 atom stereocenters. The number of benzene rings is 1. The van der Waals surface area contributed by atoms with Crippen molar-refractivity contribution in [3.05, 3.63) is 33.3 Å². The van der Waals surface area contributed by atoms with Gasteiger partial charge in [-0.05, 0) is 23.9 Å². The van der Waals surface area contributed by atoms with Crippen LogP contribution in [0.4, 0.5) is 5.69 Å². The zero-order valence-corrected chi connectivity index (χ0v) is 7.80. The van der Waals surface area contributed by atoms with E-state index in [2.05, 4.69) is 0 Å². The van der Waals surface area contributed by atoms with Crippen LogP contribution in [0.5, 0.6) is 0 Å². The van der Waals surface area contributed by atoms with Crippen LogP contribution in [0.15, 0.2) is 23.1 Å². The molecule has 0 spiro atoms. The Morgan fingerprint density at radius 3 is 2.85 bits per heavy atom. The first kappa shape index (κ1) is 9.84. The van der Waals surface area contributed by atoms with Gasteiger partial charge < -0.3 is 0 Å². The highest BCUT2D eigenvalue weighted by Crippen LogP contribution is 2.30. The topological polar surface area (TPSA) is 66.9 Å². The lowest BCUT2D eigenvalue weighted by molar-refractivity contribution is -0.387. The molecule has 0 saturated heterocycles. The fourth-order valence-electron chi connectivity index (χ4n) is 0.769. The van der Waals surface area contributed by atoms with E-state index in [0.29, 0.717) is 4.90 Å². The fraction of sp³-hybridized carbons (Fsp3) is 0. The number of nitrogens with zero attached hydrogens (tertiary/aromatic N) is 2. The number of nitriles is 1. The number of halogens is 1. The van der Waals surface area contributed by atoms with Crippen molar-refractivity contribution in [3.63, 3.8) is 0 Å². The number of nitro benzene ring substituents is 1. The summed E-state index contributed by atoms with van der Waals surface area (Å²) in [6.45, 7) is 0. The minimum Gasteiger partial charge on any atom is -0.258 e.